The Hall–Kier alpha value is 0.310. The number of thiol groups is 1. The maximum atomic E-state index is 5.81. The van der Waals surface area contributed by atoms with Crippen LogP contribution in [0.2, 0.25) is 0 Å². The van der Waals surface area contributed by atoms with Crippen LogP contribution >= 0.6 is 12.6 Å². The van der Waals surface area contributed by atoms with Crippen LogP contribution in [0, 0.1) is 5.92 Å². The Morgan fingerprint density at radius 2 is 2.23 bits per heavy atom. The van der Waals surface area contributed by atoms with E-state index >= 15 is 0 Å². The normalized spacial score (nSPS) is 29.1. The highest BCUT2D eigenvalue weighted by atomic mass is 32.1. The lowest BCUT2D eigenvalue weighted by Gasteiger charge is -2.28. The molecule has 2 heteroatoms. The molecule has 2 unspecified atom stereocenters. The van der Waals surface area contributed by atoms with Gasteiger partial charge in [0.1, 0.15) is 0 Å². The summed E-state index contributed by atoms with van der Waals surface area (Å²) >= 11 is 4.17. The maximum absolute atomic E-state index is 5.81. The van der Waals surface area contributed by atoms with Gasteiger partial charge in [0, 0.05) is 6.61 Å². The van der Waals surface area contributed by atoms with Crippen LogP contribution in [0.4, 0.5) is 0 Å². The summed E-state index contributed by atoms with van der Waals surface area (Å²) in [4.78, 5) is 0. The highest BCUT2D eigenvalue weighted by Crippen LogP contribution is 2.28. The van der Waals surface area contributed by atoms with Gasteiger partial charge in [0.05, 0.1) is 6.10 Å². The van der Waals surface area contributed by atoms with Gasteiger partial charge < -0.3 is 4.74 Å². The van der Waals surface area contributed by atoms with E-state index in [9.17, 15) is 0 Å². The summed E-state index contributed by atoms with van der Waals surface area (Å²) in [7, 11) is 0. The molecule has 13 heavy (non-hydrogen) atoms. The fourth-order valence-corrected chi connectivity index (χ4v) is 2.21. The number of hydrogen-bond donors (Lipinski definition) is 1. The Kier molecular flexibility index (Phi) is 5.88. The SMILES string of the molecule is CCC1CCCC(OCCCS)C1. The number of ether oxygens (including phenoxy) is 1. The van der Waals surface area contributed by atoms with E-state index in [0.29, 0.717) is 6.10 Å². The molecule has 0 aromatic heterocycles. The molecule has 0 aromatic carbocycles. The topological polar surface area (TPSA) is 9.23 Å². The Bertz CT molecular complexity index is 127. The summed E-state index contributed by atoms with van der Waals surface area (Å²) in [5.74, 6) is 1.87. The van der Waals surface area contributed by atoms with Crippen LogP contribution < -0.4 is 0 Å². The Labute approximate surface area is 87.7 Å². The first-order valence-electron chi connectivity index (χ1n) is 5.59. The van der Waals surface area contributed by atoms with Crippen molar-refractivity contribution in [1.29, 1.82) is 0 Å². The van der Waals surface area contributed by atoms with E-state index in [1.165, 1.54) is 32.1 Å². The van der Waals surface area contributed by atoms with Crippen molar-refractivity contribution in [3.05, 3.63) is 0 Å². The highest BCUT2D eigenvalue weighted by Gasteiger charge is 2.20. The van der Waals surface area contributed by atoms with Crippen LogP contribution in [-0.2, 0) is 4.74 Å². The Morgan fingerprint density at radius 1 is 1.38 bits per heavy atom. The molecule has 0 spiro atoms. The van der Waals surface area contributed by atoms with Crippen molar-refractivity contribution in [2.24, 2.45) is 5.92 Å². The summed E-state index contributed by atoms with van der Waals surface area (Å²) in [6.45, 7) is 3.20. The zero-order chi connectivity index (χ0) is 9.52. The third kappa shape index (κ3) is 4.37. The van der Waals surface area contributed by atoms with Crippen LogP contribution in [0.15, 0.2) is 0 Å². The van der Waals surface area contributed by atoms with Gasteiger partial charge in [0.2, 0.25) is 0 Å². The van der Waals surface area contributed by atoms with E-state index in [1.807, 2.05) is 0 Å². The average Bonchev–Trinajstić information content (AvgIpc) is 2.19. The van der Waals surface area contributed by atoms with Crippen LogP contribution in [0.5, 0.6) is 0 Å². The fraction of sp³-hybridized carbons (Fsp3) is 1.00. The van der Waals surface area contributed by atoms with E-state index in [0.717, 1.165) is 24.7 Å². The molecule has 1 fully saturated rings. The molecule has 0 radical (unpaired) electrons. The molecule has 1 aliphatic carbocycles. The highest BCUT2D eigenvalue weighted by molar-refractivity contribution is 7.80. The third-order valence-corrected chi connectivity index (χ3v) is 3.28. The molecule has 0 aromatic rings. The van der Waals surface area contributed by atoms with Gasteiger partial charge in [0.15, 0.2) is 0 Å². The number of rotatable bonds is 5. The first-order chi connectivity index (χ1) is 6.36. The molecule has 78 valence electrons. The van der Waals surface area contributed by atoms with Crippen molar-refractivity contribution in [2.45, 2.75) is 51.6 Å². The summed E-state index contributed by atoms with van der Waals surface area (Å²) in [6.07, 6.45) is 8.33. The monoisotopic (exact) mass is 202 g/mol. The third-order valence-electron chi connectivity index (χ3n) is 2.97. The Balaban J connectivity index is 2.11. The van der Waals surface area contributed by atoms with Gasteiger partial charge in [-0.2, -0.15) is 12.6 Å². The van der Waals surface area contributed by atoms with E-state index in [-0.39, 0.29) is 0 Å². The van der Waals surface area contributed by atoms with E-state index in [1.54, 1.807) is 0 Å². The molecule has 0 saturated heterocycles. The van der Waals surface area contributed by atoms with Crippen LogP contribution in [0.1, 0.15) is 45.4 Å². The first-order valence-corrected chi connectivity index (χ1v) is 6.22. The molecular formula is C11H22OS. The maximum Gasteiger partial charge on any atom is 0.0577 e. The van der Waals surface area contributed by atoms with Gasteiger partial charge in [-0.05, 0) is 30.9 Å². The first kappa shape index (κ1) is 11.4. The van der Waals surface area contributed by atoms with E-state index < -0.39 is 0 Å². The predicted octanol–water partition coefficient (Wildman–Crippen LogP) is 3.29. The molecular weight excluding hydrogens is 180 g/mol. The average molecular weight is 202 g/mol. The van der Waals surface area contributed by atoms with Gasteiger partial charge in [0.25, 0.3) is 0 Å². The second kappa shape index (κ2) is 6.72. The number of hydrogen-bond acceptors (Lipinski definition) is 2. The van der Waals surface area contributed by atoms with Crippen molar-refractivity contribution in [2.75, 3.05) is 12.4 Å². The van der Waals surface area contributed by atoms with Crippen LogP contribution in [0.3, 0.4) is 0 Å². The largest absolute Gasteiger partial charge is 0.378 e. The second-order valence-corrected chi connectivity index (χ2v) is 4.46. The van der Waals surface area contributed by atoms with Crippen molar-refractivity contribution in [3.63, 3.8) is 0 Å². The van der Waals surface area contributed by atoms with Gasteiger partial charge in [-0.3, -0.25) is 0 Å². The standard InChI is InChI=1S/C11H22OS/c1-2-10-5-3-6-11(9-10)12-7-4-8-13/h10-11,13H,2-9H2,1H3. The molecule has 1 rings (SSSR count). The van der Waals surface area contributed by atoms with Crippen LogP contribution in [-0.4, -0.2) is 18.5 Å². The van der Waals surface area contributed by atoms with Crippen molar-refractivity contribution < 1.29 is 4.74 Å². The summed E-state index contributed by atoms with van der Waals surface area (Å²) in [5.41, 5.74) is 0. The Morgan fingerprint density at radius 3 is 2.92 bits per heavy atom. The lowest BCUT2D eigenvalue weighted by molar-refractivity contribution is 0.0133. The minimum Gasteiger partial charge on any atom is -0.378 e. The molecule has 0 N–H and O–H groups in total. The summed E-state index contributed by atoms with van der Waals surface area (Å²) in [6, 6.07) is 0. The van der Waals surface area contributed by atoms with Crippen molar-refractivity contribution in [3.8, 4) is 0 Å². The lowest BCUT2D eigenvalue weighted by atomic mass is 9.85. The molecule has 0 amide bonds. The quantitative estimate of drug-likeness (QED) is 0.531. The van der Waals surface area contributed by atoms with Crippen molar-refractivity contribution >= 4 is 12.6 Å². The van der Waals surface area contributed by atoms with Crippen LogP contribution in [0.25, 0.3) is 0 Å². The molecule has 0 heterocycles. The van der Waals surface area contributed by atoms with Gasteiger partial charge in [-0.15, -0.1) is 0 Å². The summed E-state index contributed by atoms with van der Waals surface area (Å²) in [5, 5.41) is 0. The fourth-order valence-electron chi connectivity index (χ4n) is 2.08. The van der Waals surface area contributed by atoms with E-state index in [4.69, 9.17) is 4.74 Å². The minimum atomic E-state index is 0.554. The smallest absolute Gasteiger partial charge is 0.0577 e. The molecule has 0 bridgehead atoms. The molecule has 1 aliphatic rings. The van der Waals surface area contributed by atoms with Gasteiger partial charge in [-0.1, -0.05) is 26.2 Å². The predicted molar refractivity (Wildman–Crippen MR) is 60.5 cm³/mol. The lowest BCUT2D eigenvalue weighted by Crippen LogP contribution is -2.23. The van der Waals surface area contributed by atoms with Crippen molar-refractivity contribution in [1.82, 2.24) is 0 Å². The molecule has 1 nitrogen and oxygen atoms in total. The summed E-state index contributed by atoms with van der Waals surface area (Å²) < 4.78 is 5.81. The van der Waals surface area contributed by atoms with E-state index in [2.05, 4.69) is 19.6 Å². The molecule has 0 aliphatic heterocycles. The molecule has 2 atom stereocenters. The van der Waals surface area contributed by atoms with Gasteiger partial charge >= 0.3 is 0 Å². The minimum absolute atomic E-state index is 0.554. The zero-order valence-electron chi connectivity index (χ0n) is 8.67. The second-order valence-electron chi connectivity index (χ2n) is 4.01. The van der Waals surface area contributed by atoms with Gasteiger partial charge in [-0.25, -0.2) is 0 Å². The molecule has 1 saturated carbocycles. The zero-order valence-corrected chi connectivity index (χ0v) is 9.56.